The minimum atomic E-state index is -0.632. The Morgan fingerprint density at radius 2 is 0.591 bits per heavy atom. The minimum absolute atomic E-state index is 0.632. The Morgan fingerprint density at radius 3 is 0.909 bits per heavy atom. The van der Waals surface area contributed by atoms with Crippen LogP contribution in [0.1, 0.15) is 223 Å². The topological polar surface area (TPSA) is 12.5 Å². The van der Waals surface area contributed by atoms with Gasteiger partial charge in [0.25, 0.3) is 0 Å². The predicted molar refractivity (Wildman–Crippen MR) is 381 cm³/mol. The van der Waals surface area contributed by atoms with Crippen LogP contribution in [-0.2, 0) is 42.9 Å². The lowest BCUT2D eigenvalue weighted by Gasteiger charge is -2.38. The molecule has 3 aliphatic rings. The van der Waals surface area contributed by atoms with Gasteiger partial charge in [0.05, 0.1) is 22.2 Å². The summed E-state index contributed by atoms with van der Waals surface area (Å²) in [6.45, 7) is 11.5. The van der Waals surface area contributed by atoms with Crippen molar-refractivity contribution in [2.45, 2.75) is 193 Å². The molecule has 88 heavy (non-hydrogen) atoms. The lowest BCUT2D eigenvalue weighted by atomic mass is 9.67. The van der Waals surface area contributed by atoms with Gasteiger partial charge in [0.15, 0.2) is 11.5 Å². The zero-order valence-electron chi connectivity index (χ0n) is 53.2. The van der Waals surface area contributed by atoms with Gasteiger partial charge in [-0.2, -0.15) is 0 Å². The first-order chi connectivity index (χ1) is 43.2. The van der Waals surface area contributed by atoms with Crippen molar-refractivity contribution in [2.24, 2.45) is 0 Å². The maximum absolute atomic E-state index is 7.62. The first kappa shape index (κ1) is 61.8. The predicted octanol–water partition coefficient (Wildman–Crippen LogP) is 25.3. The highest BCUT2D eigenvalue weighted by molar-refractivity contribution is 9.10. The van der Waals surface area contributed by atoms with Crippen molar-refractivity contribution in [3.8, 4) is 33.8 Å². The number of hydrogen-bond acceptors (Lipinski definition) is 2. The van der Waals surface area contributed by atoms with Crippen LogP contribution in [0.5, 0.6) is 11.5 Å². The van der Waals surface area contributed by atoms with Gasteiger partial charge in [-0.3, -0.25) is 0 Å². The van der Waals surface area contributed by atoms with Crippen LogP contribution in [0.4, 0.5) is 17.1 Å². The zero-order chi connectivity index (χ0) is 60.6. The van der Waals surface area contributed by atoms with Gasteiger partial charge in [-0.15, -0.1) is 0 Å². The van der Waals surface area contributed by atoms with Gasteiger partial charge in [0, 0.05) is 14.6 Å². The number of halogens is 2. The molecule has 0 aromatic heterocycles. The lowest BCUT2D eigenvalue weighted by Crippen LogP contribution is -2.30. The van der Waals surface area contributed by atoms with Gasteiger partial charge in [0.1, 0.15) is 0 Å². The van der Waals surface area contributed by atoms with Crippen molar-refractivity contribution in [3.63, 3.8) is 0 Å². The van der Waals surface area contributed by atoms with Crippen LogP contribution in [0.2, 0.25) is 0 Å². The first-order valence-electron chi connectivity index (χ1n) is 34.2. The molecule has 9 aromatic carbocycles. The Hall–Kier alpha value is -6.46. The molecule has 0 unspecified atom stereocenters. The summed E-state index contributed by atoms with van der Waals surface area (Å²) >= 11 is 8.09. The van der Waals surface area contributed by atoms with E-state index in [0.29, 0.717) is 0 Å². The normalized spacial score (nSPS) is 13.8. The van der Waals surface area contributed by atoms with E-state index in [2.05, 4.69) is 253 Å². The fourth-order valence-corrected chi connectivity index (χ4v) is 15.9. The molecule has 2 nitrogen and oxygen atoms in total. The molecule has 0 fully saturated rings. The number of unbranched alkanes of at least 4 members (excludes halogenated alkanes) is 13. The third kappa shape index (κ3) is 12.1. The number of benzene rings is 9. The van der Waals surface area contributed by atoms with Gasteiger partial charge in [-0.05, 0) is 219 Å². The van der Waals surface area contributed by atoms with E-state index in [-0.39, 0.29) is 0 Å². The number of fused-ring (bicyclic) bond motifs is 8. The maximum atomic E-state index is 7.62. The van der Waals surface area contributed by atoms with Gasteiger partial charge >= 0.3 is 0 Å². The molecule has 2 aliphatic carbocycles. The Bertz CT molecular complexity index is 3480. The summed E-state index contributed by atoms with van der Waals surface area (Å²) < 4.78 is 9.77. The highest BCUT2D eigenvalue weighted by Gasteiger charge is 2.50. The average molecular weight is 1290 g/mol. The van der Waals surface area contributed by atoms with Crippen LogP contribution >= 0.6 is 31.9 Å². The van der Waals surface area contributed by atoms with Crippen molar-refractivity contribution in [1.82, 2.24) is 0 Å². The molecule has 0 radical (unpaired) electrons. The summed E-state index contributed by atoms with van der Waals surface area (Å²) in [5, 5.41) is 0. The molecular weight excluding hydrogens is 1200 g/mol. The van der Waals surface area contributed by atoms with Crippen molar-refractivity contribution in [1.29, 1.82) is 0 Å². The molecule has 0 amide bonds. The van der Waals surface area contributed by atoms with Crippen LogP contribution in [0.3, 0.4) is 0 Å². The molecule has 0 spiro atoms. The van der Waals surface area contributed by atoms with Crippen LogP contribution in [0.15, 0.2) is 191 Å². The van der Waals surface area contributed by atoms with Crippen molar-refractivity contribution in [2.75, 3.05) is 4.90 Å². The quantitative estimate of drug-likeness (QED) is 0.0453. The lowest BCUT2D eigenvalue weighted by molar-refractivity contribution is 0.476. The fraction of sp³-hybridized carbons (Fsp3) is 0.357. The Kier molecular flexibility index (Phi) is 19.8. The Morgan fingerprint density at radius 1 is 0.295 bits per heavy atom. The highest BCUT2D eigenvalue weighted by atomic mass is 79.9. The molecule has 1 aliphatic heterocycles. The number of ether oxygens (including phenoxy) is 1. The molecule has 452 valence electrons. The van der Waals surface area contributed by atoms with Crippen molar-refractivity contribution >= 4 is 48.9 Å². The zero-order valence-corrected chi connectivity index (χ0v) is 56.4. The third-order valence-corrected chi connectivity index (χ3v) is 20.9. The van der Waals surface area contributed by atoms with Crippen LogP contribution in [-0.4, -0.2) is 0 Å². The molecule has 1 heterocycles. The van der Waals surface area contributed by atoms with Crippen LogP contribution in [0.25, 0.3) is 22.3 Å². The molecule has 0 bridgehead atoms. The molecule has 0 N–H and O–H groups in total. The number of anilines is 3. The monoisotopic (exact) mass is 1290 g/mol. The molecule has 12 rings (SSSR count). The average Bonchev–Trinajstić information content (AvgIpc) is 1.52. The van der Waals surface area contributed by atoms with Gasteiger partial charge in [-0.1, -0.05) is 271 Å². The summed E-state index contributed by atoms with van der Waals surface area (Å²) in [7, 11) is 0. The summed E-state index contributed by atoms with van der Waals surface area (Å²) in [6, 6.07) is 72.4. The van der Waals surface area contributed by atoms with E-state index in [1.165, 1.54) is 197 Å². The molecular formula is C84H91Br2NO. The highest BCUT2D eigenvalue weighted by Crippen LogP contribution is 2.64. The van der Waals surface area contributed by atoms with Crippen molar-refractivity contribution < 1.29 is 4.74 Å². The molecule has 0 saturated carbocycles. The van der Waals surface area contributed by atoms with Crippen LogP contribution in [0, 0.1) is 0 Å². The number of nitrogens with zero attached hydrogens (tertiary/aromatic N) is 1. The number of aryl methyl sites for hydroxylation is 5. The Balaban J connectivity index is 1.08. The van der Waals surface area contributed by atoms with Crippen LogP contribution < -0.4 is 9.64 Å². The molecule has 9 aromatic rings. The SMILES string of the molecule is CCCCCCc1ccc(C2(c3ccc(CCCCCC)cc3)c3cc(Br)ccc3-c3cc4c(cc32)N(c2ccc(CCCC)cc2)c2cc3c(cc2O4)-c2ccc(Br)cc2C3(c2ccc(CCCCCC)cc2)c2ccc(CCCCCC)cc2)cc1. The Labute approximate surface area is 544 Å². The second kappa shape index (κ2) is 28.2. The second-order valence-corrected chi connectivity index (χ2v) is 27.7. The summed E-state index contributed by atoms with van der Waals surface area (Å²) in [6.07, 6.45) is 27.8. The summed E-state index contributed by atoms with van der Waals surface area (Å²) in [5.41, 5.74) is 24.1. The summed E-state index contributed by atoms with van der Waals surface area (Å²) in [5.74, 6) is 1.72. The van der Waals surface area contributed by atoms with Crippen molar-refractivity contribution in [3.05, 3.63) is 263 Å². The van der Waals surface area contributed by atoms with Gasteiger partial charge < -0.3 is 9.64 Å². The minimum Gasteiger partial charge on any atom is -0.453 e. The summed E-state index contributed by atoms with van der Waals surface area (Å²) in [4.78, 5) is 2.56. The first-order valence-corrected chi connectivity index (χ1v) is 35.7. The molecule has 0 atom stereocenters. The van der Waals surface area contributed by atoms with Gasteiger partial charge in [-0.25, -0.2) is 0 Å². The van der Waals surface area contributed by atoms with E-state index in [4.69, 9.17) is 4.74 Å². The van der Waals surface area contributed by atoms with Gasteiger partial charge in [0.2, 0.25) is 0 Å². The number of rotatable bonds is 28. The van der Waals surface area contributed by atoms with E-state index in [1.54, 1.807) is 0 Å². The molecule has 4 heteroatoms. The van der Waals surface area contributed by atoms with E-state index in [0.717, 1.165) is 82.5 Å². The smallest absolute Gasteiger partial charge is 0.152 e. The molecule has 0 saturated heterocycles. The third-order valence-electron chi connectivity index (χ3n) is 19.9. The largest absolute Gasteiger partial charge is 0.453 e. The van der Waals surface area contributed by atoms with E-state index in [1.807, 2.05) is 0 Å². The fourth-order valence-electron chi connectivity index (χ4n) is 15.1. The number of hydrogen-bond donors (Lipinski definition) is 0. The van der Waals surface area contributed by atoms with E-state index in [9.17, 15) is 0 Å². The maximum Gasteiger partial charge on any atom is 0.152 e. The standard InChI is InChI=1S/C84H91Br2NO/c1-6-11-16-20-25-60-29-39-64(40-30-60)83(65-41-31-61(32-42-65)26-21-17-12-7-2)75-53-68(85)47-51-71(75)73-55-81-79(57-77(73)83)87(70-49-37-59(38-50-70)24-15-10-5)80-58-78-74(56-82(80)88-81)72-52-48-69(86)54-76(72)84(78,66-43-33-62(34-44-66)27-22-18-13-8-3)67-45-35-63(36-46-67)28-23-19-14-9-4/h29-58H,6-28H2,1-5H3. The van der Waals surface area contributed by atoms with E-state index < -0.39 is 10.8 Å². The van der Waals surface area contributed by atoms with E-state index >= 15 is 0 Å². The second-order valence-electron chi connectivity index (χ2n) is 25.8.